The lowest BCUT2D eigenvalue weighted by molar-refractivity contribution is 0.187. The van der Waals surface area contributed by atoms with Crippen molar-refractivity contribution in [3.8, 4) is 0 Å². The first-order chi connectivity index (χ1) is 10.4. The van der Waals surface area contributed by atoms with Crippen molar-refractivity contribution in [2.24, 2.45) is 0 Å². The summed E-state index contributed by atoms with van der Waals surface area (Å²) >= 11 is 0. The lowest BCUT2D eigenvalue weighted by Crippen LogP contribution is -2.09. The van der Waals surface area contributed by atoms with Gasteiger partial charge in [0.1, 0.15) is 5.82 Å². The zero-order chi connectivity index (χ0) is 14.5. The molecule has 3 heteroatoms. The molecule has 0 aliphatic heterocycles. The maximum atomic E-state index is 5.23. The SMILES string of the molecule is COCCn1c(CCc2ccccc2)nc2ccccc21. The highest BCUT2D eigenvalue weighted by Gasteiger charge is 2.10. The Morgan fingerprint density at radius 2 is 1.71 bits per heavy atom. The van der Waals surface area contributed by atoms with Crippen molar-refractivity contribution in [1.82, 2.24) is 9.55 Å². The van der Waals surface area contributed by atoms with Gasteiger partial charge in [0, 0.05) is 20.1 Å². The van der Waals surface area contributed by atoms with E-state index in [-0.39, 0.29) is 0 Å². The molecular weight excluding hydrogens is 260 g/mol. The van der Waals surface area contributed by atoms with E-state index in [1.165, 1.54) is 11.1 Å². The number of ether oxygens (including phenoxy) is 1. The Balaban J connectivity index is 1.86. The van der Waals surface area contributed by atoms with Gasteiger partial charge in [-0.05, 0) is 24.1 Å². The second kappa shape index (κ2) is 6.55. The van der Waals surface area contributed by atoms with Gasteiger partial charge in [0.2, 0.25) is 0 Å². The lowest BCUT2D eigenvalue weighted by atomic mass is 10.1. The number of rotatable bonds is 6. The molecule has 108 valence electrons. The molecule has 0 radical (unpaired) electrons. The summed E-state index contributed by atoms with van der Waals surface area (Å²) in [4.78, 5) is 4.79. The topological polar surface area (TPSA) is 27.1 Å². The average Bonchev–Trinajstić information content (AvgIpc) is 2.89. The van der Waals surface area contributed by atoms with Gasteiger partial charge in [-0.2, -0.15) is 0 Å². The summed E-state index contributed by atoms with van der Waals surface area (Å²) in [7, 11) is 1.74. The van der Waals surface area contributed by atoms with Crippen LogP contribution in [0.2, 0.25) is 0 Å². The van der Waals surface area contributed by atoms with Crippen molar-refractivity contribution in [3.05, 3.63) is 66.0 Å². The van der Waals surface area contributed by atoms with Crippen LogP contribution in [0.3, 0.4) is 0 Å². The molecule has 1 aromatic heterocycles. The molecule has 1 heterocycles. The molecule has 0 saturated carbocycles. The van der Waals surface area contributed by atoms with Crippen LogP contribution in [0.5, 0.6) is 0 Å². The highest BCUT2D eigenvalue weighted by molar-refractivity contribution is 5.75. The van der Waals surface area contributed by atoms with Gasteiger partial charge >= 0.3 is 0 Å². The molecule has 2 aromatic carbocycles. The maximum absolute atomic E-state index is 5.23. The Hall–Kier alpha value is -2.13. The average molecular weight is 280 g/mol. The summed E-state index contributed by atoms with van der Waals surface area (Å²) in [6.07, 6.45) is 1.96. The Morgan fingerprint density at radius 1 is 0.952 bits per heavy atom. The van der Waals surface area contributed by atoms with Crippen LogP contribution in [0, 0.1) is 0 Å². The number of aromatic nitrogens is 2. The van der Waals surface area contributed by atoms with Crippen molar-refractivity contribution in [2.75, 3.05) is 13.7 Å². The highest BCUT2D eigenvalue weighted by atomic mass is 16.5. The van der Waals surface area contributed by atoms with E-state index in [0.29, 0.717) is 6.61 Å². The highest BCUT2D eigenvalue weighted by Crippen LogP contribution is 2.17. The fourth-order valence-corrected chi connectivity index (χ4v) is 2.65. The molecule has 21 heavy (non-hydrogen) atoms. The van der Waals surface area contributed by atoms with E-state index in [9.17, 15) is 0 Å². The number of methoxy groups -OCH3 is 1. The number of benzene rings is 2. The smallest absolute Gasteiger partial charge is 0.110 e. The molecule has 0 spiro atoms. The number of hydrogen-bond donors (Lipinski definition) is 0. The molecule has 0 amide bonds. The Morgan fingerprint density at radius 3 is 2.52 bits per heavy atom. The summed E-state index contributed by atoms with van der Waals surface area (Å²) in [5.74, 6) is 1.14. The quantitative estimate of drug-likeness (QED) is 0.691. The summed E-state index contributed by atoms with van der Waals surface area (Å²) in [6, 6.07) is 18.9. The summed E-state index contributed by atoms with van der Waals surface area (Å²) in [5.41, 5.74) is 3.61. The van der Waals surface area contributed by atoms with Crippen LogP contribution >= 0.6 is 0 Å². The number of fused-ring (bicyclic) bond motifs is 1. The molecule has 3 aromatic rings. The fourth-order valence-electron chi connectivity index (χ4n) is 2.65. The van der Waals surface area contributed by atoms with Gasteiger partial charge in [0.25, 0.3) is 0 Å². The van der Waals surface area contributed by atoms with Crippen LogP contribution in [0.1, 0.15) is 11.4 Å². The monoisotopic (exact) mass is 280 g/mol. The summed E-state index contributed by atoms with van der Waals surface area (Å²) in [5, 5.41) is 0. The minimum atomic E-state index is 0.707. The summed E-state index contributed by atoms with van der Waals surface area (Å²) in [6.45, 7) is 1.56. The predicted octanol–water partition coefficient (Wildman–Crippen LogP) is 3.47. The van der Waals surface area contributed by atoms with Gasteiger partial charge in [0.05, 0.1) is 17.6 Å². The van der Waals surface area contributed by atoms with Crippen LogP contribution in [0.4, 0.5) is 0 Å². The second-order valence-corrected chi connectivity index (χ2v) is 5.15. The van der Waals surface area contributed by atoms with Crippen molar-refractivity contribution >= 4 is 11.0 Å². The number of imidazole rings is 1. The van der Waals surface area contributed by atoms with Crippen LogP contribution in [-0.4, -0.2) is 23.3 Å². The van der Waals surface area contributed by atoms with E-state index >= 15 is 0 Å². The third kappa shape index (κ3) is 3.14. The molecule has 0 atom stereocenters. The van der Waals surface area contributed by atoms with Gasteiger partial charge in [-0.15, -0.1) is 0 Å². The zero-order valence-corrected chi connectivity index (χ0v) is 12.3. The third-order valence-corrected chi connectivity index (χ3v) is 3.73. The van der Waals surface area contributed by atoms with Gasteiger partial charge in [-0.25, -0.2) is 4.98 Å². The largest absolute Gasteiger partial charge is 0.383 e. The number of para-hydroxylation sites is 2. The zero-order valence-electron chi connectivity index (χ0n) is 12.3. The van der Waals surface area contributed by atoms with Gasteiger partial charge in [0.15, 0.2) is 0 Å². The van der Waals surface area contributed by atoms with Crippen LogP contribution < -0.4 is 0 Å². The fraction of sp³-hybridized carbons (Fsp3) is 0.278. The van der Waals surface area contributed by atoms with E-state index in [2.05, 4.69) is 53.1 Å². The maximum Gasteiger partial charge on any atom is 0.110 e. The normalized spacial score (nSPS) is 11.1. The van der Waals surface area contributed by atoms with Crippen molar-refractivity contribution < 1.29 is 4.74 Å². The van der Waals surface area contributed by atoms with E-state index in [1.54, 1.807) is 7.11 Å². The molecule has 3 nitrogen and oxygen atoms in total. The third-order valence-electron chi connectivity index (χ3n) is 3.73. The standard InChI is InChI=1S/C18H20N2O/c1-21-14-13-20-17-10-6-5-9-16(17)19-18(20)12-11-15-7-3-2-4-8-15/h2-10H,11-14H2,1H3. The molecule has 0 saturated heterocycles. The molecule has 0 unspecified atom stereocenters. The first-order valence-electron chi connectivity index (χ1n) is 7.35. The van der Waals surface area contributed by atoms with Crippen molar-refractivity contribution in [2.45, 2.75) is 19.4 Å². The second-order valence-electron chi connectivity index (χ2n) is 5.15. The summed E-state index contributed by atoms with van der Waals surface area (Å²) < 4.78 is 7.51. The van der Waals surface area contributed by atoms with Crippen LogP contribution in [0.25, 0.3) is 11.0 Å². The Kier molecular flexibility index (Phi) is 4.31. The predicted molar refractivity (Wildman–Crippen MR) is 85.5 cm³/mol. The van der Waals surface area contributed by atoms with Gasteiger partial charge in [-0.1, -0.05) is 42.5 Å². The van der Waals surface area contributed by atoms with Gasteiger partial charge in [-0.3, -0.25) is 0 Å². The number of hydrogen-bond acceptors (Lipinski definition) is 2. The van der Waals surface area contributed by atoms with Crippen LogP contribution in [0.15, 0.2) is 54.6 Å². The molecular formula is C18H20N2O. The molecule has 0 fully saturated rings. The molecule has 0 N–H and O–H groups in total. The van der Waals surface area contributed by atoms with Crippen LogP contribution in [-0.2, 0) is 24.1 Å². The molecule has 0 bridgehead atoms. The van der Waals surface area contributed by atoms with Crippen molar-refractivity contribution in [3.63, 3.8) is 0 Å². The molecule has 0 aliphatic carbocycles. The van der Waals surface area contributed by atoms with Gasteiger partial charge < -0.3 is 9.30 Å². The molecule has 3 rings (SSSR count). The minimum Gasteiger partial charge on any atom is -0.383 e. The molecule has 0 aliphatic rings. The number of nitrogens with zero attached hydrogens (tertiary/aromatic N) is 2. The van der Waals surface area contributed by atoms with E-state index < -0.39 is 0 Å². The number of aryl methyl sites for hydroxylation is 2. The Bertz CT molecular complexity index is 704. The first kappa shape index (κ1) is 13.8. The minimum absolute atomic E-state index is 0.707. The van der Waals surface area contributed by atoms with E-state index in [0.717, 1.165) is 30.7 Å². The lowest BCUT2D eigenvalue weighted by Gasteiger charge is -2.08. The van der Waals surface area contributed by atoms with Crippen molar-refractivity contribution in [1.29, 1.82) is 0 Å². The Labute approximate surface area is 125 Å². The first-order valence-corrected chi connectivity index (χ1v) is 7.35. The van der Waals surface area contributed by atoms with E-state index in [4.69, 9.17) is 9.72 Å². The van der Waals surface area contributed by atoms with E-state index in [1.807, 2.05) is 6.07 Å².